The summed E-state index contributed by atoms with van der Waals surface area (Å²) in [5.74, 6) is 0.0565. The third-order valence-electron chi connectivity index (χ3n) is 3.12. The molecule has 2 N–H and O–H groups in total. The first-order chi connectivity index (χ1) is 8.79. The number of benzene rings is 1. The number of carbonyl (C=O) groups excluding carboxylic acids is 1. The molecule has 1 heterocycles. The van der Waals surface area contributed by atoms with Crippen LogP contribution < -0.4 is 10.6 Å². The molecule has 2 rings (SSSR count). The second kappa shape index (κ2) is 6.52. The summed E-state index contributed by atoms with van der Waals surface area (Å²) in [7, 11) is 0. The zero-order valence-corrected chi connectivity index (χ0v) is 10.7. The van der Waals surface area contributed by atoms with E-state index in [0.29, 0.717) is 13.2 Å². The van der Waals surface area contributed by atoms with Gasteiger partial charge in [0.05, 0.1) is 12.1 Å². The van der Waals surface area contributed by atoms with Crippen LogP contribution in [0.5, 0.6) is 0 Å². The molecule has 0 aliphatic carbocycles. The fourth-order valence-corrected chi connectivity index (χ4v) is 2.17. The molecule has 4 heteroatoms. The van der Waals surface area contributed by atoms with Crippen LogP contribution in [-0.2, 0) is 16.1 Å². The summed E-state index contributed by atoms with van der Waals surface area (Å²) < 4.78 is 5.50. The summed E-state index contributed by atoms with van der Waals surface area (Å²) in [4.78, 5) is 11.9. The van der Waals surface area contributed by atoms with E-state index in [1.165, 1.54) is 0 Å². The van der Waals surface area contributed by atoms with Crippen LogP contribution in [0.15, 0.2) is 30.3 Å². The fraction of sp³-hybridized carbons (Fsp3) is 0.500. The molecule has 0 radical (unpaired) electrons. The van der Waals surface area contributed by atoms with E-state index in [2.05, 4.69) is 10.6 Å². The molecule has 1 aliphatic rings. The normalized spacial score (nSPS) is 22.9. The van der Waals surface area contributed by atoms with Crippen molar-refractivity contribution in [3.05, 3.63) is 35.9 Å². The second-order valence-electron chi connectivity index (χ2n) is 4.48. The molecular weight excluding hydrogens is 228 g/mol. The van der Waals surface area contributed by atoms with E-state index >= 15 is 0 Å². The summed E-state index contributed by atoms with van der Waals surface area (Å²) in [5.41, 5.74) is 1.12. The average molecular weight is 248 g/mol. The Bertz CT molecular complexity index is 381. The molecular formula is C14H20N2O2. The van der Waals surface area contributed by atoms with Crippen molar-refractivity contribution in [2.75, 3.05) is 13.2 Å². The van der Waals surface area contributed by atoms with Crippen LogP contribution in [-0.4, -0.2) is 31.2 Å². The minimum atomic E-state index is -0.120. The van der Waals surface area contributed by atoms with Crippen LogP contribution in [0.25, 0.3) is 0 Å². The van der Waals surface area contributed by atoms with Gasteiger partial charge in [0.1, 0.15) is 0 Å². The summed E-state index contributed by atoms with van der Waals surface area (Å²) in [5, 5.41) is 6.14. The van der Waals surface area contributed by atoms with Gasteiger partial charge in [-0.3, -0.25) is 4.79 Å². The van der Waals surface area contributed by atoms with Crippen molar-refractivity contribution in [1.29, 1.82) is 0 Å². The highest BCUT2D eigenvalue weighted by molar-refractivity contribution is 5.82. The van der Waals surface area contributed by atoms with E-state index in [1.807, 2.05) is 37.3 Å². The monoisotopic (exact) mass is 248 g/mol. The molecule has 98 valence electrons. The highest BCUT2D eigenvalue weighted by Crippen LogP contribution is 2.10. The predicted octanol–water partition coefficient (Wildman–Crippen LogP) is 1.07. The molecule has 2 atom stereocenters. The Morgan fingerprint density at radius 3 is 2.94 bits per heavy atom. The Balaban J connectivity index is 1.76. The standard InChI is InChI=1S/C14H20N2O2/c1-2-18-12-8-13(15-10-12)14(17)16-9-11-6-4-3-5-7-11/h3-7,12-13,15H,2,8-10H2,1H3,(H,16,17)/t12?,13-/m0/s1. The summed E-state index contributed by atoms with van der Waals surface area (Å²) in [6.45, 7) is 4.02. The highest BCUT2D eigenvalue weighted by atomic mass is 16.5. The van der Waals surface area contributed by atoms with E-state index in [9.17, 15) is 4.79 Å². The maximum absolute atomic E-state index is 11.9. The van der Waals surface area contributed by atoms with Gasteiger partial charge >= 0.3 is 0 Å². The Morgan fingerprint density at radius 1 is 1.44 bits per heavy atom. The van der Waals surface area contributed by atoms with Crippen LogP contribution in [0.4, 0.5) is 0 Å². The van der Waals surface area contributed by atoms with Crippen LogP contribution in [0.1, 0.15) is 18.9 Å². The second-order valence-corrected chi connectivity index (χ2v) is 4.48. The van der Waals surface area contributed by atoms with Crippen molar-refractivity contribution in [3.63, 3.8) is 0 Å². The first-order valence-electron chi connectivity index (χ1n) is 6.46. The lowest BCUT2D eigenvalue weighted by atomic mass is 10.2. The Kier molecular flexibility index (Phi) is 4.73. The molecule has 0 bridgehead atoms. The largest absolute Gasteiger partial charge is 0.377 e. The first kappa shape index (κ1) is 13.1. The molecule has 1 saturated heterocycles. The van der Waals surface area contributed by atoms with Crippen LogP contribution >= 0.6 is 0 Å². The van der Waals surface area contributed by atoms with Crippen molar-refractivity contribution in [2.24, 2.45) is 0 Å². The zero-order chi connectivity index (χ0) is 12.8. The molecule has 1 aromatic carbocycles. The van der Waals surface area contributed by atoms with Gasteiger partial charge in [-0.25, -0.2) is 0 Å². The van der Waals surface area contributed by atoms with E-state index in [4.69, 9.17) is 4.74 Å². The van der Waals surface area contributed by atoms with Gasteiger partial charge in [-0.1, -0.05) is 30.3 Å². The number of hydrogen-bond acceptors (Lipinski definition) is 3. The molecule has 0 saturated carbocycles. The lowest BCUT2D eigenvalue weighted by Gasteiger charge is -2.11. The molecule has 1 amide bonds. The Morgan fingerprint density at radius 2 is 2.22 bits per heavy atom. The molecule has 1 fully saturated rings. The lowest BCUT2D eigenvalue weighted by molar-refractivity contribution is -0.123. The van der Waals surface area contributed by atoms with Gasteiger partial charge in [0.15, 0.2) is 0 Å². The number of hydrogen-bond donors (Lipinski definition) is 2. The van der Waals surface area contributed by atoms with E-state index in [-0.39, 0.29) is 18.1 Å². The number of ether oxygens (including phenoxy) is 1. The zero-order valence-electron chi connectivity index (χ0n) is 10.7. The smallest absolute Gasteiger partial charge is 0.237 e. The van der Waals surface area contributed by atoms with Gasteiger partial charge in [-0.15, -0.1) is 0 Å². The molecule has 1 aliphatic heterocycles. The van der Waals surface area contributed by atoms with Gasteiger partial charge < -0.3 is 15.4 Å². The average Bonchev–Trinajstić information content (AvgIpc) is 2.86. The molecule has 0 spiro atoms. The third kappa shape index (κ3) is 3.55. The first-order valence-corrected chi connectivity index (χ1v) is 6.46. The van der Waals surface area contributed by atoms with Crippen molar-refractivity contribution in [3.8, 4) is 0 Å². The van der Waals surface area contributed by atoms with Crippen molar-refractivity contribution in [1.82, 2.24) is 10.6 Å². The summed E-state index contributed by atoms with van der Waals surface area (Å²) in [6.07, 6.45) is 0.927. The fourth-order valence-electron chi connectivity index (χ4n) is 2.17. The van der Waals surface area contributed by atoms with Crippen LogP contribution in [0, 0.1) is 0 Å². The van der Waals surface area contributed by atoms with E-state index < -0.39 is 0 Å². The van der Waals surface area contributed by atoms with Gasteiger partial charge in [-0.2, -0.15) is 0 Å². The van der Waals surface area contributed by atoms with Gasteiger partial charge in [0.2, 0.25) is 5.91 Å². The molecule has 1 aromatic rings. The summed E-state index contributed by atoms with van der Waals surface area (Å²) >= 11 is 0. The lowest BCUT2D eigenvalue weighted by Crippen LogP contribution is -2.39. The molecule has 4 nitrogen and oxygen atoms in total. The predicted molar refractivity (Wildman–Crippen MR) is 70.1 cm³/mol. The van der Waals surface area contributed by atoms with Gasteiger partial charge in [-0.05, 0) is 18.9 Å². The Hall–Kier alpha value is -1.39. The van der Waals surface area contributed by atoms with Crippen molar-refractivity contribution < 1.29 is 9.53 Å². The highest BCUT2D eigenvalue weighted by Gasteiger charge is 2.29. The van der Waals surface area contributed by atoms with E-state index in [1.54, 1.807) is 0 Å². The molecule has 18 heavy (non-hydrogen) atoms. The minimum absolute atomic E-state index is 0.0565. The van der Waals surface area contributed by atoms with Gasteiger partial charge in [0.25, 0.3) is 0 Å². The maximum atomic E-state index is 11.9. The molecule has 0 aromatic heterocycles. The summed E-state index contributed by atoms with van der Waals surface area (Å²) in [6, 6.07) is 9.80. The minimum Gasteiger partial charge on any atom is -0.377 e. The number of amides is 1. The third-order valence-corrected chi connectivity index (χ3v) is 3.12. The van der Waals surface area contributed by atoms with Gasteiger partial charge in [0, 0.05) is 19.7 Å². The topological polar surface area (TPSA) is 50.4 Å². The molecule has 1 unspecified atom stereocenters. The van der Waals surface area contributed by atoms with Crippen LogP contribution in [0.2, 0.25) is 0 Å². The number of carbonyl (C=O) groups is 1. The number of nitrogens with one attached hydrogen (secondary N) is 2. The SMILES string of the molecule is CCOC1CN[C@H](C(=O)NCc2ccccc2)C1. The van der Waals surface area contributed by atoms with E-state index in [0.717, 1.165) is 18.5 Å². The maximum Gasteiger partial charge on any atom is 0.237 e. The Labute approximate surface area is 108 Å². The van der Waals surface area contributed by atoms with Crippen molar-refractivity contribution >= 4 is 5.91 Å². The van der Waals surface area contributed by atoms with Crippen LogP contribution in [0.3, 0.4) is 0 Å². The quantitative estimate of drug-likeness (QED) is 0.819. The number of rotatable bonds is 5. The van der Waals surface area contributed by atoms with Crippen molar-refractivity contribution in [2.45, 2.75) is 32.0 Å².